The summed E-state index contributed by atoms with van der Waals surface area (Å²) in [5.41, 5.74) is 10.7. The molecule has 4 bridgehead atoms. The standard InChI is InChI=1S/C48H41N3/c1-31-21-40(35-9-3-2-4-10-35)27-41(22-31)46-49-45(37-17-19-42(20-18-37)48-28-32-23-33(29-48)25-34(24-32)30-48)50-47(51-46)44-14-8-7-13-43(44)39-16-15-36-11-5-6-12-38(36)26-39/h2-22,26-27,32-34H,23-25,28-30H2,1H3/t32-,33+,34-,48?. The molecule has 11 rings (SSSR count). The fourth-order valence-corrected chi connectivity index (χ4v) is 10.2. The fourth-order valence-electron chi connectivity index (χ4n) is 10.2. The van der Waals surface area contributed by atoms with Crippen LogP contribution in [0.1, 0.15) is 49.7 Å². The zero-order valence-electron chi connectivity index (χ0n) is 29.1. The molecule has 4 aliphatic carbocycles. The Morgan fingerprint density at radius 1 is 0.431 bits per heavy atom. The molecule has 3 nitrogen and oxygen atoms in total. The molecule has 248 valence electrons. The van der Waals surface area contributed by atoms with Crippen molar-refractivity contribution >= 4 is 10.8 Å². The van der Waals surface area contributed by atoms with Gasteiger partial charge in [0.05, 0.1) is 0 Å². The van der Waals surface area contributed by atoms with E-state index in [2.05, 4.69) is 146 Å². The van der Waals surface area contributed by atoms with Gasteiger partial charge in [-0.05, 0) is 131 Å². The zero-order valence-corrected chi connectivity index (χ0v) is 29.1. The van der Waals surface area contributed by atoms with Crippen molar-refractivity contribution in [3.05, 3.63) is 151 Å². The summed E-state index contributed by atoms with van der Waals surface area (Å²) in [6.45, 7) is 2.15. The van der Waals surface area contributed by atoms with Crippen molar-refractivity contribution in [2.75, 3.05) is 0 Å². The second-order valence-electron chi connectivity index (χ2n) is 15.6. The van der Waals surface area contributed by atoms with Crippen molar-refractivity contribution in [2.24, 2.45) is 17.8 Å². The predicted octanol–water partition coefficient (Wildman–Crippen LogP) is 12.1. The lowest BCUT2D eigenvalue weighted by Gasteiger charge is -2.57. The minimum absolute atomic E-state index is 0.358. The zero-order chi connectivity index (χ0) is 33.9. The van der Waals surface area contributed by atoms with Gasteiger partial charge in [-0.25, -0.2) is 15.0 Å². The van der Waals surface area contributed by atoms with E-state index in [1.165, 1.54) is 66.0 Å². The Morgan fingerprint density at radius 2 is 1.00 bits per heavy atom. The lowest BCUT2D eigenvalue weighted by molar-refractivity contribution is -0.00518. The first-order chi connectivity index (χ1) is 25.0. The van der Waals surface area contributed by atoms with Gasteiger partial charge < -0.3 is 0 Å². The normalized spacial score (nSPS) is 22.0. The van der Waals surface area contributed by atoms with E-state index in [1.54, 1.807) is 0 Å². The molecule has 0 saturated heterocycles. The summed E-state index contributed by atoms with van der Waals surface area (Å²) < 4.78 is 0. The molecule has 4 fully saturated rings. The molecule has 0 amide bonds. The number of fused-ring (bicyclic) bond motifs is 1. The van der Waals surface area contributed by atoms with E-state index in [0.717, 1.165) is 51.1 Å². The van der Waals surface area contributed by atoms with Crippen LogP contribution in [0.4, 0.5) is 0 Å². The molecular weight excluding hydrogens is 619 g/mol. The maximum atomic E-state index is 5.25. The topological polar surface area (TPSA) is 38.7 Å². The van der Waals surface area contributed by atoms with Crippen LogP contribution in [-0.2, 0) is 5.41 Å². The monoisotopic (exact) mass is 659 g/mol. The van der Waals surface area contributed by atoms with Crippen molar-refractivity contribution in [2.45, 2.75) is 50.9 Å². The van der Waals surface area contributed by atoms with E-state index >= 15 is 0 Å². The lowest BCUT2D eigenvalue weighted by Crippen LogP contribution is -2.48. The summed E-state index contributed by atoms with van der Waals surface area (Å²) in [6.07, 6.45) is 8.46. The van der Waals surface area contributed by atoms with Crippen LogP contribution in [-0.4, -0.2) is 15.0 Å². The highest BCUT2D eigenvalue weighted by atomic mass is 15.0. The highest BCUT2D eigenvalue weighted by Gasteiger charge is 2.51. The highest BCUT2D eigenvalue weighted by molar-refractivity contribution is 5.90. The fraction of sp³-hybridized carbons (Fsp3) is 0.229. The van der Waals surface area contributed by atoms with Gasteiger partial charge in [-0.2, -0.15) is 0 Å². The van der Waals surface area contributed by atoms with Crippen LogP contribution in [0.15, 0.2) is 140 Å². The van der Waals surface area contributed by atoms with Crippen LogP contribution in [0.2, 0.25) is 0 Å². The van der Waals surface area contributed by atoms with Crippen molar-refractivity contribution < 1.29 is 0 Å². The molecule has 0 radical (unpaired) electrons. The molecule has 0 aliphatic heterocycles. The summed E-state index contributed by atoms with van der Waals surface area (Å²) in [5.74, 6) is 4.84. The Kier molecular flexibility index (Phi) is 7.23. The quantitative estimate of drug-likeness (QED) is 0.178. The molecule has 6 aromatic carbocycles. The van der Waals surface area contributed by atoms with E-state index in [0.29, 0.717) is 22.9 Å². The van der Waals surface area contributed by atoms with Gasteiger partial charge in [0.25, 0.3) is 0 Å². The van der Waals surface area contributed by atoms with Crippen molar-refractivity contribution in [3.63, 3.8) is 0 Å². The van der Waals surface area contributed by atoms with Gasteiger partial charge in [0, 0.05) is 16.7 Å². The number of nitrogens with zero attached hydrogens (tertiary/aromatic N) is 3. The summed E-state index contributed by atoms with van der Waals surface area (Å²) in [5, 5.41) is 2.45. The molecular formula is C48H41N3. The number of aromatic nitrogens is 3. The third-order valence-electron chi connectivity index (χ3n) is 12.1. The van der Waals surface area contributed by atoms with Gasteiger partial charge in [-0.1, -0.05) is 121 Å². The Morgan fingerprint density at radius 3 is 1.73 bits per heavy atom. The average Bonchev–Trinajstić information content (AvgIpc) is 3.17. The van der Waals surface area contributed by atoms with Gasteiger partial charge in [0.2, 0.25) is 0 Å². The highest BCUT2D eigenvalue weighted by Crippen LogP contribution is 2.60. The molecule has 1 heterocycles. The molecule has 1 aromatic heterocycles. The van der Waals surface area contributed by atoms with E-state index < -0.39 is 0 Å². The minimum atomic E-state index is 0.358. The van der Waals surface area contributed by atoms with Gasteiger partial charge in [-0.3, -0.25) is 0 Å². The second kappa shape index (κ2) is 12.1. The molecule has 51 heavy (non-hydrogen) atoms. The lowest BCUT2D eigenvalue weighted by atomic mass is 9.48. The third-order valence-corrected chi connectivity index (χ3v) is 12.1. The van der Waals surface area contributed by atoms with Crippen LogP contribution in [0.5, 0.6) is 0 Å². The Balaban J connectivity index is 1.11. The maximum absolute atomic E-state index is 5.25. The number of hydrogen-bond acceptors (Lipinski definition) is 3. The summed E-state index contributed by atoms with van der Waals surface area (Å²) in [7, 11) is 0. The van der Waals surface area contributed by atoms with Crippen LogP contribution in [0, 0.1) is 24.7 Å². The number of aryl methyl sites for hydroxylation is 1. The SMILES string of the molecule is Cc1cc(-c2ccccc2)cc(-c2nc(-c3ccc(C45C[C@H]6C[C@@H](C4)C[C@@H](C5)C6)cc3)nc(-c3ccccc3-c3ccc4ccccc4c3)n2)c1. The maximum Gasteiger partial charge on any atom is 0.164 e. The molecule has 4 aliphatic rings. The first-order valence-electron chi connectivity index (χ1n) is 18.7. The smallest absolute Gasteiger partial charge is 0.164 e. The molecule has 0 N–H and O–H groups in total. The predicted molar refractivity (Wildman–Crippen MR) is 209 cm³/mol. The van der Waals surface area contributed by atoms with E-state index in [1.807, 2.05) is 0 Å². The van der Waals surface area contributed by atoms with Crippen molar-refractivity contribution in [1.82, 2.24) is 15.0 Å². The largest absolute Gasteiger partial charge is 0.208 e. The second-order valence-corrected chi connectivity index (χ2v) is 15.6. The molecule has 4 saturated carbocycles. The summed E-state index contributed by atoms with van der Waals surface area (Å²) in [4.78, 5) is 15.7. The van der Waals surface area contributed by atoms with Gasteiger partial charge in [0.1, 0.15) is 0 Å². The van der Waals surface area contributed by atoms with E-state index in [9.17, 15) is 0 Å². The van der Waals surface area contributed by atoms with Gasteiger partial charge >= 0.3 is 0 Å². The minimum Gasteiger partial charge on any atom is -0.208 e. The van der Waals surface area contributed by atoms with E-state index in [-0.39, 0.29) is 0 Å². The third kappa shape index (κ3) is 5.56. The Bertz CT molecular complexity index is 2370. The van der Waals surface area contributed by atoms with Gasteiger partial charge in [0.15, 0.2) is 17.5 Å². The molecule has 0 spiro atoms. The molecule has 7 aromatic rings. The molecule has 0 atom stereocenters. The Hall–Kier alpha value is -5.41. The van der Waals surface area contributed by atoms with Crippen molar-refractivity contribution in [3.8, 4) is 56.4 Å². The van der Waals surface area contributed by atoms with Crippen LogP contribution in [0.25, 0.3) is 67.2 Å². The summed E-state index contributed by atoms with van der Waals surface area (Å²) >= 11 is 0. The van der Waals surface area contributed by atoms with E-state index in [4.69, 9.17) is 15.0 Å². The van der Waals surface area contributed by atoms with Gasteiger partial charge in [-0.15, -0.1) is 0 Å². The van der Waals surface area contributed by atoms with Crippen LogP contribution in [0.3, 0.4) is 0 Å². The van der Waals surface area contributed by atoms with Crippen LogP contribution < -0.4 is 0 Å². The average molecular weight is 660 g/mol. The Labute approximate surface area is 300 Å². The van der Waals surface area contributed by atoms with Crippen molar-refractivity contribution in [1.29, 1.82) is 0 Å². The first kappa shape index (κ1) is 30.4. The summed E-state index contributed by atoms with van der Waals surface area (Å²) in [6, 6.07) is 50.3. The number of benzene rings is 6. The number of rotatable bonds is 6. The molecule has 0 unspecified atom stereocenters. The number of hydrogen-bond donors (Lipinski definition) is 0. The first-order valence-corrected chi connectivity index (χ1v) is 18.7. The van der Waals surface area contributed by atoms with Crippen LogP contribution >= 0.6 is 0 Å². The molecule has 3 heteroatoms.